The van der Waals surface area contributed by atoms with E-state index in [0.29, 0.717) is 59.4 Å². The maximum Gasteiger partial charge on any atom is 0.218 e. The van der Waals surface area contributed by atoms with Crippen LogP contribution in [0.4, 0.5) is 0 Å². The van der Waals surface area contributed by atoms with Gasteiger partial charge in [0, 0.05) is 84.5 Å². The average Bonchev–Trinajstić information content (AvgIpc) is 3.08. The highest BCUT2D eigenvalue weighted by atomic mass is 35.5. The summed E-state index contributed by atoms with van der Waals surface area (Å²) in [6.07, 6.45) is 0. The van der Waals surface area contributed by atoms with Gasteiger partial charge in [-0.3, -0.25) is 9.59 Å². The van der Waals surface area contributed by atoms with Crippen molar-refractivity contribution < 1.29 is 19.1 Å². The zero-order chi connectivity index (χ0) is 36.6. The van der Waals surface area contributed by atoms with Crippen molar-refractivity contribution in [2.75, 3.05) is 27.3 Å². The van der Waals surface area contributed by atoms with Crippen LogP contribution in [0.5, 0.6) is 11.8 Å². The normalized spacial score (nSPS) is 11.6. The summed E-state index contributed by atoms with van der Waals surface area (Å²) in [5.41, 5.74) is 5.31. The Morgan fingerprint density at radius 1 is 0.620 bits per heavy atom. The summed E-state index contributed by atoms with van der Waals surface area (Å²) in [7, 11) is 3.17. The zero-order valence-corrected chi connectivity index (χ0v) is 31.4. The van der Waals surface area contributed by atoms with Crippen molar-refractivity contribution >= 4 is 35.0 Å². The molecule has 2 aromatic carbocycles. The second kappa shape index (κ2) is 16.7. The summed E-state index contributed by atoms with van der Waals surface area (Å²) in [5, 5.41) is 13.6. The second-order valence-electron chi connectivity index (χ2n) is 13.4. The molecule has 0 fully saturated rings. The molecule has 266 valence electrons. The number of amides is 2. The minimum atomic E-state index is -0.340. The highest BCUT2D eigenvalue weighted by Gasteiger charge is 2.22. The third kappa shape index (κ3) is 9.94. The van der Waals surface area contributed by atoms with Gasteiger partial charge in [-0.2, -0.15) is 0 Å². The standard InChI is InChI=1S/C38H46Cl2N6O4/c1-23(47)41-21-37(3,4)43-19-25-15-17-31(45-35(25)49-7)29-13-9-11-27(33(29)39)28-12-10-14-30(34(28)40)32-18-16-26(36(46-32)50-8)20-44-38(5,6)22-42-24(2)48/h9-18,43-44H,19-22H2,1-8H3,(H,41,47)(H,42,48). The molecule has 0 saturated heterocycles. The van der Waals surface area contributed by atoms with Crippen LogP contribution in [-0.4, -0.2) is 60.2 Å². The number of nitrogens with one attached hydrogen (secondary N) is 4. The van der Waals surface area contributed by atoms with Gasteiger partial charge in [0.25, 0.3) is 0 Å². The lowest BCUT2D eigenvalue weighted by molar-refractivity contribution is -0.120. The van der Waals surface area contributed by atoms with Gasteiger partial charge in [0.15, 0.2) is 0 Å². The number of carbonyl (C=O) groups is 2. The Bertz CT molecular complexity index is 1710. The third-order valence-electron chi connectivity index (χ3n) is 8.18. The van der Waals surface area contributed by atoms with Crippen molar-refractivity contribution in [2.45, 2.75) is 65.7 Å². The number of aromatic nitrogens is 2. The fraction of sp³-hybridized carbons (Fsp3) is 0.368. The van der Waals surface area contributed by atoms with Crippen molar-refractivity contribution in [3.8, 4) is 45.4 Å². The first-order chi connectivity index (χ1) is 23.6. The van der Waals surface area contributed by atoms with E-state index in [1.54, 1.807) is 14.2 Å². The molecule has 0 spiro atoms. The molecule has 10 nitrogen and oxygen atoms in total. The fourth-order valence-corrected chi connectivity index (χ4v) is 5.87. The van der Waals surface area contributed by atoms with E-state index in [0.717, 1.165) is 33.4 Å². The Kier molecular flexibility index (Phi) is 12.9. The minimum absolute atomic E-state index is 0.0768. The van der Waals surface area contributed by atoms with E-state index in [-0.39, 0.29) is 22.9 Å². The molecule has 0 atom stereocenters. The lowest BCUT2D eigenvalue weighted by Crippen LogP contribution is -2.48. The summed E-state index contributed by atoms with van der Waals surface area (Å²) in [4.78, 5) is 32.4. The first-order valence-corrected chi connectivity index (χ1v) is 17.0. The van der Waals surface area contributed by atoms with E-state index >= 15 is 0 Å². The van der Waals surface area contributed by atoms with Crippen molar-refractivity contribution in [1.82, 2.24) is 31.2 Å². The van der Waals surface area contributed by atoms with Crippen molar-refractivity contribution in [1.29, 1.82) is 0 Å². The number of halogens is 2. The van der Waals surface area contributed by atoms with E-state index in [4.69, 9.17) is 42.6 Å². The molecule has 12 heteroatoms. The molecule has 0 radical (unpaired) electrons. The summed E-state index contributed by atoms with van der Waals surface area (Å²) in [6.45, 7) is 13.0. The molecule has 0 aliphatic heterocycles. The number of ether oxygens (including phenoxy) is 2. The molecule has 0 bridgehead atoms. The molecular formula is C38H46Cl2N6O4. The minimum Gasteiger partial charge on any atom is -0.481 e. The van der Waals surface area contributed by atoms with Crippen LogP contribution in [0.2, 0.25) is 10.0 Å². The number of pyridine rings is 2. The van der Waals surface area contributed by atoms with Crippen LogP contribution in [0.3, 0.4) is 0 Å². The number of hydrogen-bond donors (Lipinski definition) is 4. The first-order valence-electron chi connectivity index (χ1n) is 16.3. The number of hydrogen-bond acceptors (Lipinski definition) is 8. The SMILES string of the molecule is COc1nc(-c2cccc(-c3cccc(-c4ccc(CNC(C)(C)CNC(C)=O)c(OC)n4)c3Cl)c2Cl)ccc1CNC(C)(C)CNC(C)=O. The van der Waals surface area contributed by atoms with Gasteiger partial charge in [0.1, 0.15) is 0 Å². The molecule has 0 saturated carbocycles. The van der Waals surface area contributed by atoms with Crippen molar-refractivity contribution in [3.63, 3.8) is 0 Å². The predicted molar refractivity (Wildman–Crippen MR) is 201 cm³/mol. The van der Waals surface area contributed by atoms with Crippen LogP contribution in [-0.2, 0) is 22.7 Å². The van der Waals surface area contributed by atoms with Gasteiger partial charge >= 0.3 is 0 Å². The predicted octanol–water partition coefficient (Wildman–Crippen LogP) is 6.81. The molecule has 2 aromatic heterocycles. The maximum atomic E-state index is 11.4. The number of benzene rings is 2. The number of rotatable bonds is 15. The summed E-state index contributed by atoms with van der Waals surface area (Å²) < 4.78 is 11.3. The number of methoxy groups -OCH3 is 2. The Labute approximate surface area is 304 Å². The molecule has 0 unspecified atom stereocenters. The number of carbonyl (C=O) groups excluding carboxylic acids is 2. The summed E-state index contributed by atoms with van der Waals surface area (Å²) in [6, 6.07) is 19.3. The molecular weight excluding hydrogens is 675 g/mol. The number of nitrogens with zero attached hydrogens (tertiary/aromatic N) is 2. The van der Waals surface area contributed by atoms with Crippen LogP contribution in [0.1, 0.15) is 52.7 Å². The highest BCUT2D eigenvalue weighted by molar-refractivity contribution is 6.39. The monoisotopic (exact) mass is 720 g/mol. The van der Waals surface area contributed by atoms with E-state index in [2.05, 4.69) is 21.3 Å². The lowest BCUT2D eigenvalue weighted by Gasteiger charge is -2.27. The van der Waals surface area contributed by atoms with E-state index in [1.165, 1.54) is 13.8 Å². The first kappa shape index (κ1) is 38.6. The van der Waals surface area contributed by atoms with Gasteiger partial charge in [0.2, 0.25) is 23.6 Å². The topological polar surface area (TPSA) is 126 Å². The van der Waals surface area contributed by atoms with Crippen molar-refractivity contribution in [3.05, 3.63) is 81.8 Å². The Morgan fingerprint density at radius 2 is 0.980 bits per heavy atom. The molecule has 4 aromatic rings. The molecule has 0 aliphatic carbocycles. The molecule has 2 amide bonds. The quantitative estimate of drug-likeness (QED) is 0.106. The molecule has 4 rings (SSSR count). The van der Waals surface area contributed by atoms with E-state index in [9.17, 15) is 9.59 Å². The largest absolute Gasteiger partial charge is 0.481 e. The van der Waals surface area contributed by atoms with Crippen molar-refractivity contribution in [2.24, 2.45) is 0 Å². The summed E-state index contributed by atoms with van der Waals surface area (Å²) >= 11 is 14.2. The Morgan fingerprint density at radius 3 is 1.32 bits per heavy atom. The van der Waals surface area contributed by atoms with Crippen LogP contribution in [0, 0.1) is 0 Å². The van der Waals surface area contributed by atoms with Gasteiger partial charge in [-0.25, -0.2) is 9.97 Å². The van der Waals surface area contributed by atoms with E-state index in [1.807, 2.05) is 88.4 Å². The van der Waals surface area contributed by atoms with Crippen LogP contribution < -0.4 is 30.7 Å². The van der Waals surface area contributed by atoms with Crippen LogP contribution >= 0.6 is 23.2 Å². The van der Waals surface area contributed by atoms with Crippen LogP contribution in [0.15, 0.2) is 60.7 Å². The fourth-order valence-electron chi connectivity index (χ4n) is 5.22. The highest BCUT2D eigenvalue weighted by Crippen LogP contribution is 2.42. The summed E-state index contributed by atoms with van der Waals surface area (Å²) in [5.74, 6) is 0.794. The van der Waals surface area contributed by atoms with E-state index < -0.39 is 0 Å². The van der Waals surface area contributed by atoms with Gasteiger partial charge in [-0.15, -0.1) is 0 Å². The lowest BCUT2D eigenvalue weighted by atomic mass is 9.98. The average molecular weight is 722 g/mol. The van der Waals surface area contributed by atoms with Crippen LogP contribution in [0.25, 0.3) is 33.6 Å². The molecule has 4 N–H and O–H groups in total. The Hall–Kier alpha value is -4.22. The van der Waals surface area contributed by atoms with Gasteiger partial charge in [-0.1, -0.05) is 71.7 Å². The zero-order valence-electron chi connectivity index (χ0n) is 29.9. The smallest absolute Gasteiger partial charge is 0.218 e. The maximum absolute atomic E-state index is 11.4. The Balaban J connectivity index is 1.60. The van der Waals surface area contributed by atoms with Gasteiger partial charge in [-0.05, 0) is 39.8 Å². The molecule has 50 heavy (non-hydrogen) atoms. The van der Waals surface area contributed by atoms with Gasteiger partial charge in [0.05, 0.1) is 35.7 Å². The van der Waals surface area contributed by atoms with Gasteiger partial charge < -0.3 is 30.7 Å². The second-order valence-corrected chi connectivity index (χ2v) is 14.1. The third-order valence-corrected chi connectivity index (χ3v) is 8.99. The molecule has 2 heterocycles. The molecule has 0 aliphatic rings.